The summed E-state index contributed by atoms with van der Waals surface area (Å²) in [5.74, 6) is 0. The highest BCUT2D eigenvalue weighted by molar-refractivity contribution is 5.80. The molecule has 17 heavy (non-hydrogen) atoms. The smallest absolute Gasteiger partial charge is 0.0483 e. The van der Waals surface area contributed by atoms with Gasteiger partial charge in [-0.2, -0.15) is 0 Å². The number of hydrogen-bond donors (Lipinski definition) is 1. The highest BCUT2D eigenvalue weighted by atomic mass is 15.0. The lowest BCUT2D eigenvalue weighted by Gasteiger charge is -2.16. The first-order valence-corrected chi connectivity index (χ1v) is 6.59. The van der Waals surface area contributed by atoms with E-state index in [2.05, 4.69) is 60.3 Å². The molecule has 0 spiro atoms. The lowest BCUT2D eigenvalue weighted by molar-refractivity contribution is 0.500. The lowest BCUT2D eigenvalue weighted by atomic mass is 10.2. The van der Waals surface area contributed by atoms with Crippen LogP contribution in [0.3, 0.4) is 0 Å². The van der Waals surface area contributed by atoms with Gasteiger partial charge in [0.1, 0.15) is 0 Å². The average molecular weight is 230 g/mol. The zero-order chi connectivity index (χ0) is 12.1. The number of para-hydroxylation sites is 1. The van der Waals surface area contributed by atoms with Crippen molar-refractivity contribution in [2.24, 2.45) is 0 Å². The van der Waals surface area contributed by atoms with Gasteiger partial charge in [0.15, 0.2) is 0 Å². The maximum Gasteiger partial charge on any atom is 0.0483 e. The third-order valence-corrected chi connectivity index (χ3v) is 3.25. The van der Waals surface area contributed by atoms with Crippen LogP contribution in [-0.2, 0) is 0 Å². The first-order chi connectivity index (χ1) is 8.33. The Morgan fingerprint density at radius 2 is 2.06 bits per heavy atom. The molecule has 2 heteroatoms. The summed E-state index contributed by atoms with van der Waals surface area (Å²) in [4.78, 5) is 0. The molecule has 1 heterocycles. The van der Waals surface area contributed by atoms with E-state index in [1.54, 1.807) is 0 Å². The lowest BCUT2D eigenvalue weighted by Crippen LogP contribution is -2.24. The van der Waals surface area contributed by atoms with Crippen molar-refractivity contribution < 1.29 is 0 Å². The molecular weight excluding hydrogens is 208 g/mol. The second kappa shape index (κ2) is 5.87. The molecule has 2 aromatic rings. The average Bonchev–Trinajstić information content (AvgIpc) is 2.78. The van der Waals surface area contributed by atoms with Crippen LogP contribution in [0.1, 0.15) is 32.7 Å². The molecule has 0 saturated carbocycles. The van der Waals surface area contributed by atoms with Gasteiger partial charge in [-0.05, 0) is 37.4 Å². The number of nitrogens with one attached hydrogen (secondary N) is 1. The van der Waals surface area contributed by atoms with Crippen molar-refractivity contribution >= 4 is 10.9 Å². The van der Waals surface area contributed by atoms with Crippen molar-refractivity contribution in [3.63, 3.8) is 0 Å². The first-order valence-electron chi connectivity index (χ1n) is 6.59. The number of nitrogens with zero attached hydrogens (tertiary/aromatic N) is 1. The summed E-state index contributed by atoms with van der Waals surface area (Å²) < 4.78 is 2.36. The molecule has 1 atom stereocenters. The van der Waals surface area contributed by atoms with Gasteiger partial charge in [-0.1, -0.05) is 31.5 Å². The van der Waals surface area contributed by atoms with Crippen LogP contribution in [0, 0.1) is 0 Å². The summed E-state index contributed by atoms with van der Waals surface area (Å²) in [5.41, 5.74) is 1.33. The number of rotatable bonds is 6. The zero-order valence-corrected chi connectivity index (χ0v) is 10.8. The Labute approximate surface area is 104 Å². The van der Waals surface area contributed by atoms with Crippen LogP contribution < -0.4 is 5.32 Å². The maximum atomic E-state index is 3.52. The molecule has 92 valence electrons. The van der Waals surface area contributed by atoms with Crippen molar-refractivity contribution in [1.29, 1.82) is 0 Å². The third kappa shape index (κ3) is 2.89. The quantitative estimate of drug-likeness (QED) is 0.750. The summed E-state index contributed by atoms with van der Waals surface area (Å²) >= 11 is 0. The van der Waals surface area contributed by atoms with Crippen LogP contribution >= 0.6 is 0 Å². The second-order valence-electron chi connectivity index (χ2n) is 4.69. The Kier molecular flexibility index (Phi) is 4.21. The normalized spacial score (nSPS) is 13.1. The minimum atomic E-state index is 0.506. The minimum Gasteiger partial charge on any atom is -0.343 e. The fraction of sp³-hybridized carbons (Fsp3) is 0.467. The summed E-state index contributed by atoms with van der Waals surface area (Å²) in [5, 5.41) is 4.84. The van der Waals surface area contributed by atoms with E-state index >= 15 is 0 Å². The standard InChI is InChI=1S/C15H22N2/c1-3-4-10-16-12-13(2)17-11-9-14-7-5-6-8-15(14)17/h5-9,11,13,16H,3-4,10,12H2,1-2H3. The van der Waals surface area contributed by atoms with Gasteiger partial charge in [-0.25, -0.2) is 0 Å². The molecule has 1 aromatic carbocycles. The van der Waals surface area contributed by atoms with Gasteiger partial charge in [0.2, 0.25) is 0 Å². The molecule has 2 nitrogen and oxygen atoms in total. The fourth-order valence-corrected chi connectivity index (χ4v) is 2.20. The molecule has 0 saturated heterocycles. The van der Waals surface area contributed by atoms with Gasteiger partial charge in [-0.3, -0.25) is 0 Å². The van der Waals surface area contributed by atoms with Crippen LogP contribution in [0.4, 0.5) is 0 Å². The van der Waals surface area contributed by atoms with Crippen molar-refractivity contribution in [3.8, 4) is 0 Å². The summed E-state index contributed by atoms with van der Waals surface area (Å²) in [6.45, 7) is 6.66. The zero-order valence-electron chi connectivity index (χ0n) is 10.8. The van der Waals surface area contributed by atoms with Crippen LogP contribution in [0.15, 0.2) is 36.5 Å². The Bertz CT molecular complexity index is 459. The predicted molar refractivity (Wildman–Crippen MR) is 74.4 cm³/mol. The van der Waals surface area contributed by atoms with E-state index in [0.717, 1.165) is 13.1 Å². The van der Waals surface area contributed by atoms with Crippen LogP contribution in [0.5, 0.6) is 0 Å². The number of fused-ring (bicyclic) bond motifs is 1. The number of benzene rings is 1. The molecule has 0 aliphatic rings. The molecule has 0 amide bonds. The van der Waals surface area contributed by atoms with E-state index in [0.29, 0.717) is 6.04 Å². The van der Waals surface area contributed by atoms with E-state index in [1.165, 1.54) is 23.7 Å². The molecule has 1 N–H and O–H groups in total. The summed E-state index contributed by atoms with van der Waals surface area (Å²) in [6, 6.07) is 11.3. The number of hydrogen-bond acceptors (Lipinski definition) is 1. The molecule has 1 aromatic heterocycles. The Morgan fingerprint density at radius 3 is 2.88 bits per heavy atom. The number of unbranched alkanes of at least 4 members (excludes halogenated alkanes) is 1. The fourth-order valence-electron chi connectivity index (χ4n) is 2.20. The van der Waals surface area contributed by atoms with E-state index in [9.17, 15) is 0 Å². The minimum absolute atomic E-state index is 0.506. The van der Waals surface area contributed by atoms with Gasteiger partial charge < -0.3 is 9.88 Å². The molecule has 0 bridgehead atoms. The van der Waals surface area contributed by atoms with E-state index in [-0.39, 0.29) is 0 Å². The van der Waals surface area contributed by atoms with Crippen molar-refractivity contribution in [3.05, 3.63) is 36.5 Å². The molecule has 1 unspecified atom stereocenters. The first kappa shape index (κ1) is 12.2. The van der Waals surface area contributed by atoms with Crippen LogP contribution in [0.25, 0.3) is 10.9 Å². The van der Waals surface area contributed by atoms with Crippen molar-refractivity contribution in [2.75, 3.05) is 13.1 Å². The van der Waals surface area contributed by atoms with Gasteiger partial charge in [-0.15, -0.1) is 0 Å². The third-order valence-electron chi connectivity index (χ3n) is 3.25. The SMILES string of the molecule is CCCCNCC(C)n1ccc2ccccc21. The maximum absolute atomic E-state index is 3.52. The van der Waals surface area contributed by atoms with E-state index < -0.39 is 0 Å². The topological polar surface area (TPSA) is 17.0 Å². The van der Waals surface area contributed by atoms with Crippen LogP contribution in [-0.4, -0.2) is 17.7 Å². The highest BCUT2D eigenvalue weighted by Crippen LogP contribution is 2.19. The van der Waals surface area contributed by atoms with E-state index in [1.807, 2.05) is 0 Å². The molecule has 0 fully saturated rings. The van der Waals surface area contributed by atoms with E-state index in [4.69, 9.17) is 0 Å². The highest BCUT2D eigenvalue weighted by Gasteiger charge is 2.06. The monoisotopic (exact) mass is 230 g/mol. The van der Waals surface area contributed by atoms with Crippen LogP contribution in [0.2, 0.25) is 0 Å². The Balaban J connectivity index is 2.01. The second-order valence-corrected chi connectivity index (χ2v) is 4.69. The summed E-state index contributed by atoms with van der Waals surface area (Å²) in [7, 11) is 0. The molecule has 2 rings (SSSR count). The molecule has 0 aliphatic carbocycles. The number of aromatic nitrogens is 1. The van der Waals surface area contributed by atoms with Crippen molar-refractivity contribution in [2.45, 2.75) is 32.7 Å². The van der Waals surface area contributed by atoms with Gasteiger partial charge in [0.25, 0.3) is 0 Å². The molecular formula is C15H22N2. The van der Waals surface area contributed by atoms with Gasteiger partial charge in [0, 0.05) is 24.3 Å². The van der Waals surface area contributed by atoms with Gasteiger partial charge >= 0.3 is 0 Å². The van der Waals surface area contributed by atoms with Gasteiger partial charge in [0.05, 0.1) is 0 Å². The largest absolute Gasteiger partial charge is 0.343 e. The predicted octanol–water partition coefficient (Wildman–Crippen LogP) is 3.59. The Morgan fingerprint density at radius 1 is 1.24 bits per heavy atom. The molecule has 0 radical (unpaired) electrons. The summed E-state index contributed by atoms with van der Waals surface area (Å²) in [6.07, 6.45) is 4.71. The molecule has 0 aliphatic heterocycles. The van der Waals surface area contributed by atoms with Crippen molar-refractivity contribution in [1.82, 2.24) is 9.88 Å². The Hall–Kier alpha value is -1.28.